The largest absolute Gasteiger partial charge is 0.496 e. The van der Waals surface area contributed by atoms with Crippen LogP contribution in [0.25, 0.3) is 0 Å². The van der Waals surface area contributed by atoms with Crippen LogP contribution in [0, 0.1) is 5.92 Å². The summed E-state index contributed by atoms with van der Waals surface area (Å²) in [4.78, 5) is 12.3. The van der Waals surface area contributed by atoms with E-state index in [2.05, 4.69) is 35.1 Å². The van der Waals surface area contributed by atoms with Crippen LogP contribution >= 0.6 is 27.5 Å². The molecule has 0 aliphatic heterocycles. The Bertz CT molecular complexity index is 437. The Hall–Kier alpha value is -0.740. The van der Waals surface area contributed by atoms with Gasteiger partial charge in [0.2, 0.25) is 0 Å². The molecule has 0 aromatic heterocycles. The van der Waals surface area contributed by atoms with Crippen molar-refractivity contribution >= 4 is 33.4 Å². The van der Waals surface area contributed by atoms with E-state index < -0.39 is 0 Å². The Morgan fingerprint density at radius 2 is 2.16 bits per heavy atom. The molecule has 1 N–H and O–H groups in total. The van der Waals surface area contributed by atoms with Crippen LogP contribution in [-0.2, 0) is 0 Å². The second kappa shape index (κ2) is 7.75. The maximum absolute atomic E-state index is 12.3. The topological polar surface area (TPSA) is 38.3 Å². The first-order valence-electron chi connectivity index (χ1n) is 6.20. The molecule has 1 unspecified atom stereocenters. The van der Waals surface area contributed by atoms with Crippen molar-refractivity contribution in [3.05, 3.63) is 28.8 Å². The van der Waals surface area contributed by atoms with Crippen molar-refractivity contribution in [2.45, 2.75) is 26.3 Å². The first-order valence-corrected chi connectivity index (χ1v) is 7.70. The third kappa shape index (κ3) is 4.69. The predicted molar refractivity (Wildman–Crippen MR) is 82.5 cm³/mol. The van der Waals surface area contributed by atoms with Gasteiger partial charge in [-0.05, 0) is 30.5 Å². The van der Waals surface area contributed by atoms with Crippen molar-refractivity contribution in [2.75, 3.05) is 12.4 Å². The third-order valence-electron chi connectivity index (χ3n) is 2.95. The summed E-state index contributed by atoms with van der Waals surface area (Å²) in [7, 11) is 1.54. The van der Waals surface area contributed by atoms with E-state index in [1.807, 2.05) is 0 Å². The van der Waals surface area contributed by atoms with E-state index in [0.29, 0.717) is 22.3 Å². The van der Waals surface area contributed by atoms with Gasteiger partial charge in [0, 0.05) is 16.4 Å². The van der Waals surface area contributed by atoms with Gasteiger partial charge in [-0.3, -0.25) is 4.79 Å². The van der Waals surface area contributed by atoms with Gasteiger partial charge >= 0.3 is 0 Å². The molecule has 1 rings (SSSR count). The zero-order chi connectivity index (χ0) is 14.4. The molecule has 5 heteroatoms. The van der Waals surface area contributed by atoms with E-state index in [9.17, 15) is 4.79 Å². The molecule has 1 atom stereocenters. The summed E-state index contributed by atoms with van der Waals surface area (Å²) < 4.78 is 5.19. The molecule has 0 aliphatic carbocycles. The number of hydrogen-bond donors (Lipinski definition) is 1. The van der Waals surface area contributed by atoms with Crippen molar-refractivity contribution in [1.82, 2.24) is 5.32 Å². The smallest absolute Gasteiger partial charge is 0.255 e. The fraction of sp³-hybridized carbons (Fsp3) is 0.500. The summed E-state index contributed by atoms with van der Waals surface area (Å²) >= 11 is 9.34. The fourth-order valence-corrected chi connectivity index (χ4v) is 2.46. The molecule has 1 aromatic rings. The molecule has 0 fully saturated rings. The summed E-state index contributed by atoms with van der Waals surface area (Å²) in [5.74, 6) is 0.744. The van der Waals surface area contributed by atoms with Crippen molar-refractivity contribution in [2.24, 2.45) is 5.92 Å². The highest BCUT2D eigenvalue weighted by molar-refractivity contribution is 9.09. The second-order valence-electron chi connectivity index (χ2n) is 4.65. The molecule has 106 valence electrons. The van der Waals surface area contributed by atoms with Crippen LogP contribution in [0.15, 0.2) is 18.2 Å². The molecule has 0 aliphatic rings. The van der Waals surface area contributed by atoms with Crippen molar-refractivity contribution in [3.63, 3.8) is 0 Å². The Morgan fingerprint density at radius 1 is 1.47 bits per heavy atom. The van der Waals surface area contributed by atoms with Gasteiger partial charge in [0.1, 0.15) is 5.75 Å². The summed E-state index contributed by atoms with van der Waals surface area (Å²) in [5, 5.41) is 4.40. The van der Waals surface area contributed by atoms with Crippen LogP contribution in [0.5, 0.6) is 5.75 Å². The normalized spacial score (nSPS) is 12.3. The number of halogens is 2. The summed E-state index contributed by atoms with van der Waals surface area (Å²) in [6, 6.07) is 5.15. The van der Waals surface area contributed by atoms with Gasteiger partial charge in [0.15, 0.2) is 0 Å². The molecule has 0 spiro atoms. The van der Waals surface area contributed by atoms with E-state index in [-0.39, 0.29) is 11.9 Å². The highest BCUT2D eigenvalue weighted by Gasteiger charge is 2.19. The maximum Gasteiger partial charge on any atom is 0.255 e. The Labute approximate surface area is 127 Å². The van der Waals surface area contributed by atoms with Crippen molar-refractivity contribution < 1.29 is 9.53 Å². The second-order valence-corrected chi connectivity index (χ2v) is 5.88. The number of carbonyl (C=O) groups is 1. The van der Waals surface area contributed by atoms with Gasteiger partial charge in [0.25, 0.3) is 5.91 Å². The summed E-state index contributed by atoms with van der Waals surface area (Å²) in [6.07, 6.45) is 0.881. The minimum Gasteiger partial charge on any atom is -0.496 e. The van der Waals surface area contributed by atoms with Crippen LogP contribution in [0.3, 0.4) is 0 Å². The SMILES string of the molecule is COc1ccc(Cl)cc1C(=O)NC(CCBr)C(C)C. The molecule has 0 radical (unpaired) electrons. The lowest BCUT2D eigenvalue weighted by molar-refractivity contribution is 0.0922. The number of benzene rings is 1. The minimum atomic E-state index is -0.154. The molecule has 0 heterocycles. The quantitative estimate of drug-likeness (QED) is 0.792. The van der Waals surface area contributed by atoms with E-state index in [1.165, 1.54) is 0 Å². The molecular formula is C14H19BrClNO2. The van der Waals surface area contributed by atoms with Crippen molar-refractivity contribution in [1.29, 1.82) is 0 Å². The molecule has 0 saturated carbocycles. The van der Waals surface area contributed by atoms with Gasteiger partial charge in [0.05, 0.1) is 12.7 Å². The standard InChI is InChI=1S/C14H19BrClNO2/c1-9(2)12(6-7-15)17-14(18)11-8-10(16)4-5-13(11)19-3/h4-5,8-9,12H,6-7H2,1-3H3,(H,17,18). The highest BCUT2D eigenvalue weighted by Crippen LogP contribution is 2.23. The molecule has 1 aromatic carbocycles. The zero-order valence-corrected chi connectivity index (χ0v) is 13.7. The van der Waals surface area contributed by atoms with Gasteiger partial charge in [-0.15, -0.1) is 0 Å². The number of amides is 1. The molecule has 0 bridgehead atoms. The number of methoxy groups -OCH3 is 1. The van der Waals surface area contributed by atoms with Gasteiger partial charge in [-0.2, -0.15) is 0 Å². The van der Waals surface area contributed by atoms with Gasteiger partial charge in [-0.1, -0.05) is 41.4 Å². The molecule has 1 amide bonds. The number of rotatable bonds is 6. The zero-order valence-electron chi connectivity index (χ0n) is 11.4. The minimum absolute atomic E-state index is 0.121. The lowest BCUT2D eigenvalue weighted by Gasteiger charge is -2.22. The fourth-order valence-electron chi connectivity index (χ4n) is 1.79. The number of nitrogens with one attached hydrogen (secondary N) is 1. The van der Waals surface area contributed by atoms with Crippen molar-refractivity contribution in [3.8, 4) is 5.75 Å². The van der Waals surface area contributed by atoms with Crippen LogP contribution < -0.4 is 10.1 Å². The first-order chi connectivity index (χ1) is 8.99. The lowest BCUT2D eigenvalue weighted by Crippen LogP contribution is -2.39. The van der Waals surface area contributed by atoms with Gasteiger partial charge in [-0.25, -0.2) is 0 Å². The van der Waals surface area contributed by atoms with E-state index in [4.69, 9.17) is 16.3 Å². The van der Waals surface area contributed by atoms with Gasteiger partial charge < -0.3 is 10.1 Å². The molecule has 3 nitrogen and oxygen atoms in total. The van der Waals surface area contributed by atoms with Crippen LogP contribution in [0.4, 0.5) is 0 Å². The average Bonchev–Trinajstić information content (AvgIpc) is 2.37. The van der Waals surface area contributed by atoms with Crippen LogP contribution in [0.2, 0.25) is 5.02 Å². The Balaban J connectivity index is 2.90. The molecular weight excluding hydrogens is 330 g/mol. The van der Waals surface area contributed by atoms with Crippen LogP contribution in [0.1, 0.15) is 30.6 Å². The summed E-state index contributed by atoms with van der Waals surface area (Å²) in [5.41, 5.74) is 0.468. The van der Waals surface area contributed by atoms with E-state index >= 15 is 0 Å². The number of hydrogen-bond acceptors (Lipinski definition) is 2. The number of alkyl halides is 1. The summed E-state index contributed by atoms with van der Waals surface area (Å²) in [6.45, 7) is 4.17. The predicted octanol–water partition coefficient (Wildman–Crippen LogP) is 3.89. The molecule has 19 heavy (non-hydrogen) atoms. The monoisotopic (exact) mass is 347 g/mol. The Morgan fingerprint density at radius 3 is 2.68 bits per heavy atom. The number of ether oxygens (including phenoxy) is 1. The highest BCUT2D eigenvalue weighted by atomic mass is 79.9. The Kier molecular flexibility index (Phi) is 6.66. The third-order valence-corrected chi connectivity index (χ3v) is 3.64. The first kappa shape index (κ1) is 16.3. The average molecular weight is 349 g/mol. The van der Waals surface area contributed by atoms with E-state index in [0.717, 1.165) is 11.8 Å². The lowest BCUT2D eigenvalue weighted by atomic mass is 10.0. The van der Waals surface area contributed by atoms with Crippen LogP contribution in [-0.4, -0.2) is 24.4 Å². The van der Waals surface area contributed by atoms with E-state index in [1.54, 1.807) is 25.3 Å². The maximum atomic E-state index is 12.3. The molecule has 0 saturated heterocycles. The number of carbonyl (C=O) groups excluding carboxylic acids is 1.